The highest BCUT2D eigenvalue weighted by molar-refractivity contribution is 5.92. The van der Waals surface area contributed by atoms with Crippen molar-refractivity contribution >= 4 is 5.91 Å². The quantitative estimate of drug-likeness (QED) is 0.815. The topological polar surface area (TPSA) is 87.1 Å². The van der Waals surface area contributed by atoms with Crippen LogP contribution in [0.5, 0.6) is 0 Å². The lowest BCUT2D eigenvalue weighted by Crippen LogP contribution is -2.41. The van der Waals surface area contributed by atoms with Crippen LogP contribution in [0.25, 0.3) is 0 Å². The van der Waals surface area contributed by atoms with Gasteiger partial charge in [0.2, 0.25) is 0 Å². The zero-order valence-corrected chi connectivity index (χ0v) is 18.3. The van der Waals surface area contributed by atoms with E-state index in [2.05, 4.69) is 15.0 Å². The average Bonchev–Trinajstić information content (AvgIpc) is 3.48. The second kappa shape index (κ2) is 8.57. The van der Waals surface area contributed by atoms with Gasteiger partial charge in [-0.15, -0.1) is 0 Å². The van der Waals surface area contributed by atoms with Crippen molar-refractivity contribution in [3.05, 3.63) is 45.4 Å². The van der Waals surface area contributed by atoms with E-state index in [4.69, 9.17) is 4.98 Å². The van der Waals surface area contributed by atoms with Crippen LogP contribution in [0.3, 0.4) is 0 Å². The van der Waals surface area contributed by atoms with Crippen molar-refractivity contribution in [3.63, 3.8) is 0 Å². The first-order valence-corrected chi connectivity index (χ1v) is 11.8. The van der Waals surface area contributed by atoms with Gasteiger partial charge in [0.05, 0.1) is 23.8 Å². The summed E-state index contributed by atoms with van der Waals surface area (Å²) in [6, 6.07) is 2.59. The largest absolute Gasteiger partial charge is 0.332 e. The van der Waals surface area contributed by atoms with Crippen LogP contribution in [0.15, 0.2) is 17.1 Å². The maximum Gasteiger partial charge on any atom is 0.272 e. The Morgan fingerprint density at radius 2 is 2.00 bits per heavy atom. The maximum atomic E-state index is 13.0. The fourth-order valence-electron chi connectivity index (χ4n) is 5.64. The van der Waals surface area contributed by atoms with Crippen LogP contribution in [-0.2, 0) is 19.5 Å². The molecule has 0 radical (unpaired) electrons. The Hall–Kier alpha value is -2.48. The minimum atomic E-state index is -0.0861. The highest BCUT2D eigenvalue weighted by Gasteiger charge is 2.35. The van der Waals surface area contributed by atoms with E-state index in [9.17, 15) is 9.59 Å². The molecule has 1 atom stereocenters. The number of hydrogen-bond acceptors (Lipinski definition) is 5. The highest BCUT2D eigenvalue weighted by Crippen LogP contribution is 2.36. The van der Waals surface area contributed by atoms with E-state index in [1.54, 1.807) is 21.8 Å². The summed E-state index contributed by atoms with van der Waals surface area (Å²) in [5.74, 6) is 0.753. The van der Waals surface area contributed by atoms with Crippen LogP contribution in [0.2, 0.25) is 0 Å². The summed E-state index contributed by atoms with van der Waals surface area (Å²) in [7, 11) is 0. The number of hydrogen-bond donors (Lipinski definition) is 1. The Bertz CT molecular complexity index is 1010. The van der Waals surface area contributed by atoms with Crippen molar-refractivity contribution in [3.8, 4) is 0 Å². The maximum absolute atomic E-state index is 13.0. The zero-order chi connectivity index (χ0) is 21.4. The Balaban J connectivity index is 1.37. The molecular weight excluding hydrogens is 392 g/mol. The van der Waals surface area contributed by atoms with Crippen LogP contribution < -0.4 is 5.56 Å². The standard InChI is InChI=1S/C23H32N6O2/c1-2-29-20(10-12-24-29)23(31)27-14-11-18-17(15-27)22(30)26-21(25-18)19-9-6-13-28(19)16-7-4-3-5-8-16/h10,12,16,19H,2-9,11,13-15H2,1H3,(H,25,26,30). The minimum Gasteiger partial charge on any atom is -0.332 e. The SMILES string of the molecule is CCn1nccc1C(=O)N1CCc2nc(C3CCCN3C3CCCCC3)[nH]c(=O)c2C1. The molecule has 1 saturated heterocycles. The molecule has 0 aromatic carbocycles. The molecule has 0 spiro atoms. The van der Waals surface area contributed by atoms with Crippen molar-refractivity contribution < 1.29 is 4.79 Å². The summed E-state index contributed by atoms with van der Waals surface area (Å²) in [5.41, 5.74) is 1.98. The van der Waals surface area contributed by atoms with Crippen LogP contribution in [0, 0.1) is 0 Å². The molecule has 31 heavy (non-hydrogen) atoms. The van der Waals surface area contributed by atoms with Crippen molar-refractivity contribution in [2.24, 2.45) is 0 Å². The van der Waals surface area contributed by atoms with Gasteiger partial charge in [0.25, 0.3) is 11.5 Å². The third-order valence-electron chi connectivity index (χ3n) is 7.26. The van der Waals surface area contributed by atoms with Gasteiger partial charge in [0.15, 0.2) is 0 Å². The first kappa shape index (κ1) is 20.4. The smallest absolute Gasteiger partial charge is 0.272 e. The lowest BCUT2D eigenvalue weighted by atomic mass is 9.93. The van der Waals surface area contributed by atoms with Crippen molar-refractivity contribution in [2.45, 2.75) is 83.5 Å². The molecule has 8 heteroatoms. The number of H-pyrrole nitrogens is 1. The average molecular weight is 425 g/mol. The zero-order valence-electron chi connectivity index (χ0n) is 18.3. The third-order valence-corrected chi connectivity index (χ3v) is 7.26. The van der Waals surface area contributed by atoms with E-state index < -0.39 is 0 Å². The Labute approximate surface area is 182 Å². The molecule has 1 aliphatic carbocycles. The third kappa shape index (κ3) is 3.82. The minimum absolute atomic E-state index is 0.0762. The normalized spacial score (nSPS) is 22.6. The number of aromatic nitrogens is 4. The predicted molar refractivity (Wildman–Crippen MR) is 117 cm³/mol. The molecule has 2 aliphatic heterocycles. The fraction of sp³-hybridized carbons (Fsp3) is 0.652. The van der Waals surface area contributed by atoms with Gasteiger partial charge in [0, 0.05) is 31.7 Å². The van der Waals surface area contributed by atoms with Gasteiger partial charge in [0.1, 0.15) is 11.5 Å². The Morgan fingerprint density at radius 3 is 2.81 bits per heavy atom. The number of carbonyl (C=O) groups is 1. The number of aryl methyl sites for hydroxylation is 1. The molecule has 1 N–H and O–H groups in total. The van der Waals surface area contributed by atoms with E-state index in [1.165, 1.54) is 32.1 Å². The van der Waals surface area contributed by atoms with E-state index in [1.807, 2.05) is 6.92 Å². The van der Waals surface area contributed by atoms with E-state index in [0.29, 0.717) is 43.4 Å². The van der Waals surface area contributed by atoms with Gasteiger partial charge in [-0.3, -0.25) is 19.2 Å². The second-order valence-corrected chi connectivity index (χ2v) is 9.07. The van der Waals surface area contributed by atoms with Crippen LogP contribution in [-0.4, -0.2) is 54.6 Å². The van der Waals surface area contributed by atoms with Crippen LogP contribution in [0.4, 0.5) is 0 Å². The molecule has 166 valence electrons. The molecule has 1 amide bonds. The van der Waals surface area contributed by atoms with Gasteiger partial charge >= 0.3 is 0 Å². The van der Waals surface area contributed by atoms with Crippen LogP contribution >= 0.6 is 0 Å². The summed E-state index contributed by atoms with van der Waals surface area (Å²) in [6.07, 6.45) is 11.0. The molecule has 1 saturated carbocycles. The van der Waals surface area contributed by atoms with Crippen LogP contribution in [0.1, 0.15) is 85.5 Å². The number of carbonyl (C=O) groups excluding carboxylic acids is 1. The van der Waals surface area contributed by atoms with E-state index >= 15 is 0 Å². The molecule has 4 heterocycles. The summed E-state index contributed by atoms with van der Waals surface area (Å²) >= 11 is 0. The van der Waals surface area contributed by atoms with Gasteiger partial charge in [-0.05, 0) is 45.2 Å². The van der Waals surface area contributed by atoms with Crippen molar-refractivity contribution in [1.82, 2.24) is 29.5 Å². The number of nitrogens with zero attached hydrogens (tertiary/aromatic N) is 5. The number of nitrogens with one attached hydrogen (secondary N) is 1. The Kier molecular flexibility index (Phi) is 5.65. The second-order valence-electron chi connectivity index (χ2n) is 9.07. The number of amides is 1. The lowest BCUT2D eigenvalue weighted by molar-refractivity contribution is 0.0719. The number of aromatic amines is 1. The lowest BCUT2D eigenvalue weighted by Gasteiger charge is -2.35. The highest BCUT2D eigenvalue weighted by atomic mass is 16.2. The van der Waals surface area contributed by atoms with Gasteiger partial charge < -0.3 is 9.88 Å². The monoisotopic (exact) mass is 424 g/mol. The van der Waals surface area contributed by atoms with Gasteiger partial charge in [-0.25, -0.2) is 4.98 Å². The number of rotatable bonds is 4. The Morgan fingerprint density at radius 1 is 1.16 bits per heavy atom. The molecule has 2 aromatic rings. The summed E-state index contributed by atoms with van der Waals surface area (Å²) in [6.45, 7) is 4.59. The molecule has 3 aliphatic rings. The summed E-state index contributed by atoms with van der Waals surface area (Å²) in [5, 5.41) is 4.20. The summed E-state index contributed by atoms with van der Waals surface area (Å²) < 4.78 is 1.70. The fourth-order valence-corrected chi connectivity index (χ4v) is 5.64. The van der Waals surface area contributed by atoms with Gasteiger partial charge in [-0.2, -0.15) is 5.10 Å². The number of likely N-dealkylation sites (tertiary alicyclic amines) is 1. The molecule has 5 rings (SSSR count). The van der Waals surface area contributed by atoms with E-state index in [0.717, 1.165) is 30.9 Å². The summed E-state index contributed by atoms with van der Waals surface area (Å²) in [4.78, 5) is 38.4. The first-order valence-electron chi connectivity index (χ1n) is 11.8. The molecule has 2 aromatic heterocycles. The molecular formula is C23H32N6O2. The molecule has 0 bridgehead atoms. The van der Waals surface area contributed by atoms with Crippen molar-refractivity contribution in [2.75, 3.05) is 13.1 Å². The predicted octanol–water partition coefficient (Wildman–Crippen LogP) is 2.65. The first-order chi connectivity index (χ1) is 15.2. The van der Waals surface area contributed by atoms with Gasteiger partial charge in [-0.1, -0.05) is 19.3 Å². The molecule has 2 fully saturated rings. The van der Waals surface area contributed by atoms with Crippen molar-refractivity contribution in [1.29, 1.82) is 0 Å². The number of fused-ring (bicyclic) bond motifs is 1. The van der Waals surface area contributed by atoms with E-state index in [-0.39, 0.29) is 17.5 Å². The molecule has 1 unspecified atom stereocenters. The molecule has 8 nitrogen and oxygen atoms in total.